The Kier molecular flexibility index (Phi) is 4.18. The molecule has 128 valence electrons. The number of nitrogens with zero attached hydrogens (tertiary/aromatic N) is 5. The van der Waals surface area contributed by atoms with E-state index >= 15 is 0 Å². The highest BCUT2D eigenvalue weighted by Gasteiger charge is 2.16. The standard InChI is InChI=1S/C16H15N5O2S2/c1-3-20-14(12-4-6-23-10(12)2)18-19-16(20)25-9-11-8-13(22)21-5-7-24-15(21)17-11/h4-8H,3,9H2,1-2H3. The van der Waals surface area contributed by atoms with Gasteiger partial charge in [0, 0.05) is 29.9 Å². The number of furan rings is 1. The summed E-state index contributed by atoms with van der Waals surface area (Å²) in [5.74, 6) is 2.17. The van der Waals surface area contributed by atoms with Gasteiger partial charge in [0.1, 0.15) is 5.76 Å². The SMILES string of the molecule is CCn1c(SCc2cc(=O)n3ccsc3n2)nnc1-c1ccoc1C. The van der Waals surface area contributed by atoms with Crippen molar-refractivity contribution in [2.24, 2.45) is 0 Å². The topological polar surface area (TPSA) is 78.2 Å². The molecular weight excluding hydrogens is 358 g/mol. The second-order valence-corrected chi connectivity index (χ2v) is 7.19. The van der Waals surface area contributed by atoms with E-state index in [1.807, 2.05) is 22.9 Å². The monoisotopic (exact) mass is 373 g/mol. The number of rotatable bonds is 5. The minimum absolute atomic E-state index is 0.0616. The van der Waals surface area contributed by atoms with Crippen molar-refractivity contribution in [3.05, 3.63) is 51.8 Å². The minimum Gasteiger partial charge on any atom is -0.469 e. The van der Waals surface area contributed by atoms with Crippen molar-refractivity contribution < 1.29 is 4.42 Å². The molecule has 0 bridgehead atoms. The molecule has 0 radical (unpaired) electrons. The molecule has 7 nitrogen and oxygen atoms in total. The molecule has 0 unspecified atom stereocenters. The van der Waals surface area contributed by atoms with Gasteiger partial charge in [0.05, 0.1) is 17.5 Å². The lowest BCUT2D eigenvalue weighted by molar-refractivity contribution is 0.534. The summed E-state index contributed by atoms with van der Waals surface area (Å²) in [5.41, 5.74) is 1.62. The summed E-state index contributed by atoms with van der Waals surface area (Å²) >= 11 is 2.97. The fourth-order valence-electron chi connectivity index (χ4n) is 2.60. The Morgan fingerprint density at radius 3 is 3.00 bits per heavy atom. The molecule has 25 heavy (non-hydrogen) atoms. The molecule has 4 aromatic rings. The number of hydrogen-bond donors (Lipinski definition) is 0. The van der Waals surface area contributed by atoms with Crippen molar-refractivity contribution in [1.29, 1.82) is 0 Å². The first kappa shape index (κ1) is 16.1. The number of fused-ring (bicyclic) bond motifs is 1. The lowest BCUT2D eigenvalue weighted by Crippen LogP contribution is -2.12. The predicted octanol–water partition coefficient (Wildman–Crippen LogP) is 3.23. The quantitative estimate of drug-likeness (QED) is 0.500. The van der Waals surface area contributed by atoms with Gasteiger partial charge in [-0.2, -0.15) is 0 Å². The van der Waals surface area contributed by atoms with Crippen LogP contribution in [0.4, 0.5) is 0 Å². The molecule has 0 aliphatic heterocycles. The Morgan fingerprint density at radius 2 is 2.24 bits per heavy atom. The fraction of sp³-hybridized carbons (Fsp3) is 0.250. The molecule has 0 aliphatic rings. The summed E-state index contributed by atoms with van der Waals surface area (Å²) in [4.78, 5) is 17.3. The Balaban J connectivity index is 1.61. The van der Waals surface area contributed by atoms with E-state index in [2.05, 4.69) is 22.1 Å². The van der Waals surface area contributed by atoms with Gasteiger partial charge in [-0.3, -0.25) is 9.20 Å². The van der Waals surface area contributed by atoms with Gasteiger partial charge in [-0.25, -0.2) is 4.98 Å². The van der Waals surface area contributed by atoms with E-state index in [-0.39, 0.29) is 5.56 Å². The van der Waals surface area contributed by atoms with Gasteiger partial charge in [-0.15, -0.1) is 21.5 Å². The third kappa shape index (κ3) is 2.89. The van der Waals surface area contributed by atoms with Crippen molar-refractivity contribution in [2.45, 2.75) is 31.3 Å². The second-order valence-electron chi connectivity index (χ2n) is 5.37. The normalized spacial score (nSPS) is 11.4. The van der Waals surface area contributed by atoms with Crippen LogP contribution in [-0.4, -0.2) is 24.1 Å². The van der Waals surface area contributed by atoms with Gasteiger partial charge < -0.3 is 8.98 Å². The summed E-state index contributed by atoms with van der Waals surface area (Å²) in [7, 11) is 0. The van der Waals surface area contributed by atoms with Crippen LogP contribution in [0.2, 0.25) is 0 Å². The minimum atomic E-state index is -0.0616. The molecule has 0 aromatic carbocycles. The maximum Gasteiger partial charge on any atom is 0.258 e. The van der Waals surface area contributed by atoms with Crippen molar-refractivity contribution in [2.75, 3.05) is 0 Å². The van der Waals surface area contributed by atoms with Crippen LogP contribution in [0.15, 0.2) is 44.3 Å². The summed E-state index contributed by atoms with van der Waals surface area (Å²) in [6, 6.07) is 3.47. The Morgan fingerprint density at radius 1 is 1.36 bits per heavy atom. The predicted molar refractivity (Wildman–Crippen MR) is 97.0 cm³/mol. The van der Waals surface area contributed by atoms with Crippen LogP contribution in [0.1, 0.15) is 18.4 Å². The van der Waals surface area contributed by atoms with E-state index in [9.17, 15) is 4.79 Å². The van der Waals surface area contributed by atoms with E-state index < -0.39 is 0 Å². The summed E-state index contributed by atoms with van der Waals surface area (Å²) < 4.78 is 8.96. The van der Waals surface area contributed by atoms with Crippen LogP contribution in [0, 0.1) is 6.92 Å². The fourth-order valence-corrected chi connectivity index (χ4v) is 4.23. The first-order valence-electron chi connectivity index (χ1n) is 7.73. The van der Waals surface area contributed by atoms with Gasteiger partial charge in [0.2, 0.25) is 0 Å². The summed E-state index contributed by atoms with van der Waals surface area (Å²) in [6.45, 7) is 4.70. The Labute approximate surface area is 151 Å². The molecule has 0 aliphatic carbocycles. The lowest BCUT2D eigenvalue weighted by atomic mass is 10.2. The molecule has 9 heteroatoms. The van der Waals surface area contributed by atoms with E-state index in [1.165, 1.54) is 23.1 Å². The zero-order chi connectivity index (χ0) is 17.4. The highest BCUT2D eigenvalue weighted by molar-refractivity contribution is 7.98. The molecule has 0 saturated carbocycles. The Bertz CT molecular complexity index is 1090. The summed E-state index contributed by atoms with van der Waals surface area (Å²) in [6.07, 6.45) is 3.39. The van der Waals surface area contributed by atoms with Gasteiger partial charge in [-0.1, -0.05) is 11.8 Å². The van der Waals surface area contributed by atoms with E-state index in [0.717, 1.165) is 34.5 Å². The summed E-state index contributed by atoms with van der Waals surface area (Å²) in [5, 5.41) is 11.3. The average Bonchev–Trinajstić information content (AvgIpc) is 3.31. The molecule has 4 aromatic heterocycles. The van der Waals surface area contributed by atoms with Crippen LogP contribution in [-0.2, 0) is 12.3 Å². The largest absolute Gasteiger partial charge is 0.469 e. The smallest absolute Gasteiger partial charge is 0.258 e. The average molecular weight is 373 g/mol. The zero-order valence-corrected chi connectivity index (χ0v) is 15.3. The third-order valence-corrected chi connectivity index (χ3v) is 5.60. The van der Waals surface area contributed by atoms with Gasteiger partial charge in [0.25, 0.3) is 5.56 Å². The maximum atomic E-state index is 12.1. The Hall–Kier alpha value is -2.39. The van der Waals surface area contributed by atoms with E-state index in [4.69, 9.17) is 4.42 Å². The number of aromatic nitrogens is 5. The molecule has 0 amide bonds. The third-order valence-electron chi connectivity index (χ3n) is 3.84. The van der Waals surface area contributed by atoms with Crippen LogP contribution in [0.3, 0.4) is 0 Å². The van der Waals surface area contributed by atoms with Crippen molar-refractivity contribution >= 4 is 28.1 Å². The zero-order valence-electron chi connectivity index (χ0n) is 13.7. The highest BCUT2D eigenvalue weighted by Crippen LogP contribution is 2.28. The van der Waals surface area contributed by atoms with Crippen molar-refractivity contribution in [3.63, 3.8) is 0 Å². The molecule has 0 atom stereocenters. The molecule has 4 rings (SSSR count). The molecule has 0 saturated heterocycles. The number of thiazole rings is 1. The second kappa shape index (κ2) is 6.49. The van der Waals surface area contributed by atoms with Gasteiger partial charge in [0.15, 0.2) is 15.9 Å². The first-order chi connectivity index (χ1) is 12.2. The van der Waals surface area contributed by atoms with Crippen LogP contribution in [0.25, 0.3) is 16.3 Å². The van der Waals surface area contributed by atoms with Crippen molar-refractivity contribution in [3.8, 4) is 11.4 Å². The van der Waals surface area contributed by atoms with Crippen LogP contribution < -0.4 is 5.56 Å². The number of thioether (sulfide) groups is 1. The lowest BCUT2D eigenvalue weighted by Gasteiger charge is -2.06. The molecule has 4 heterocycles. The molecular formula is C16H15N5O2S2. The molecule has 0 N–H and O–H groups in total. The maximum absolute atomic E-state index is 12.1. The van der Waals surface area contributed by atoms with Crippen molar-refractivity contribution in [1.82, 2.24) is 24.1 Å². The van der Waals surface area contributed by atoms with Gasteiger partial charge in [-0.05, 0) is 19.9 Å². The van der Waals surface area contributed by atoms with Crippen LogP contribution >= 0.6 is 23.1 Å². The first-order valence-corrected chi connectivity index (χ1v) is 9.60. The molecule has 0 fully saturated rings. The van der Waals surface area contributed by atoms with E-state index in [1.54, 1.807) is 22.9 Å². The van der Waals surface area contributed by atoms with Gasteiger partial charge >= 0.3 is 0 Å². The van der Waals surface area contributed by atoms with E-state index in [0.29, 0.717) is 10.7 Å². The number of aryl methyl sites for hydroxylation is 1. The van der Waals surface area contributed by atoms with Crippen LogP contribution in [0.5, 0.6) is 0 Å². The highest BCUT2D eigenvalue weighted by atomic mass is 32.2. The molecule has 0 spiro atoms. The number of hydrogen-bond acceptors (Lipinski definition) is 7.